The second-order valence-electron chi connectivity index (χ2n) is 26.1. The molecule has 36 nitrogen and oxygen atoms in total. The van der Waals surface area contributed by atoms with Crippen LogP contribution >= 0.6 is 0 Å². The van der Waals surface area contributed by atoms with Crippen molar-refractivity contribution in [2.45, 2.75) is 308 Å². The number of likely N-dealkylation sites (N-methyl/N-ethyl adjacent to an activating group) is 1. The molecule has 0 bridgehead atoms. The van der Waals surface area contributed by atoms with Crippen LogP contribution in [-0.2, 0) is 76.1 Å². The van der Waals surface area contributed by atoms with Gasteiger partial charge in [-0.1, -0.05) is 70.4 Å². The molecule has 0 spiro atoms. The second kappa shape index (κ2) is 40.9. The molecule has 99 heavy (non-hydrogen) atoms. The summed E-state index contributed by atoms with van der Waals surface area (Å²) >= 11 is 0. The molecule has 572 valence electrons. The van der Waals surface area contributed by atoms with Gasteiger partial charge >= 0.3 is 0 Å². The van der Waals surface area contributed by atoms with E-state index in [1.165, 1.54) is 32.7 Å². The van der Waals surface area contributed by atoms with Gasteiger partial charge in [-0.15, -0.1) is 0 Å². The van der Waals surface area contributed by atoms with E-state index in [1.807, 2.05) is 0 Å². The molecule has 6 aliphatic heterocycles. The number of nitrogens with two attached hydrogens (primary N) is 1. The van der Waals surface area contributed by atoms with E-state index < -0.39 is 253 Å². The third-order valence-electron chi connectivity index (χ3n) is 18.6. The van der Waals surface area contributed by atoms with Gasteiger partial charge < -0.3 is 155 Å². The van der Waals surface area contributed by atoms with E-state index in [1.54, 1.807) is 0 Å². The maximum absolute atomic E-state index is 13.8. The van der Waals surface area contributed by atoms with Gasteiger partial charge in [0.2, 0.25) is 29.5 Å². The number of hydrogen-bond acceptors (Lipinski definition) is 31. The van der Waals surface area contributed by atoms with Crippen molar-refractivity contribution in [3.05, 3.63) is 12.2 Å². The van der Waals surface area contributed by atoms with Crippen LogP contribution in [0.1, 0.15) is 125 Å². The lowest BCUT2D eigenvalue weighted by Gasteiger charge is -2.52. The van der Waals surface area contributed by atoms with Gasteiger partial charge in [0.15, 0.2) is 37.7 Å². The Balaban J connectivity index is 1.14. The number of nitrogens with one attached hydrogen (secondary N) is 4. The van der Waals surface area contributed by atoms with E-state index in [2.05, 4.69) is 40.3 Å². The molecule has 6 rings (SSSR count). The molecule has 0 unspecified atom stereocenters. The fraction of sp³-hybridized carbons (Fsp3) is 0.889. The standard InChI is InChI=1S/C63H110N6O30/c1-7-8-9-10-11-12-13-14-15-16-17-18-19-20-21-22-39(80)69(6)45-52(87)46(81)33(23-70)90-63(45)99-57-38(28-75)94-62(44(51(57)86)68-32(5)79)98-56-37(27-74)93-61(43(50(56)85)67-31(4)78)97-55-36(26-73)92-60(42(49(55)84)66-30(3)77)96-53-35(25-72)91-59(40(64)47(53)82)95-54-34(24-71)89-58(88)41(48(54)83)65-29(2)76/h12-13,33-38,40-63,70-75,81-88H,7-11,14-28,64H2,1-6H3,(H,65,76)(H,66,77)(H,67,78)(H,68,79)/b13-12+/t33-,34-,35-,36-,37-,38-,40-,41-,42-,43-,44-,45-,46-,47-,48-,49-,50-,51-,52-,53-,54-,55-,56-,57-,58-,59+,60+,61+,62+,63+/m1/s1. The van der Waals surface area contributed by atoms with Crippen molar-refractivity contribution < 1.29 is 148 Å². The fourth-order valence-corrected chi connectivity index (χ4v) is 13.3. The SMILES string of the molecule is CCCCCC/C=C/CCCCCCCCCC(=O)N(C)[C@H]1[C@H](O[C@H]2[C@H](O)[C@@H](NC(C)=O)[C@H](O[C@H]3[C@H](O)[C@@H](NC(C)=O)[C@H](O[C@H]4[C@H](O)[C@@H](NC(C)=O)[C@H](O[C@H]5[C@H](O)[C@@H](N)[C@H](O[C@H]6[C@H](O)[C@@H](NC(C)=O)[C@H](O)O[C@@H]6CO)O[C@@H]5CO)O[C@@H]4CO)O[C@@H]3CO)O[C@@H]2CO)O[C@H](CO)[C@@H](O)[C@@H]1O. The van der Waals surface area contributed by atoms with Crippen molar-refractivity contribution >= 4 is 29.5 Å². The number of hydrogen-bond donors (Lipinski definition) is 19. The molecule has 0 aromatic heterocycles. The van der Waals surface area contributed by atoms with E-state index in [0.29, 0.717) is 6.42 Å². The van der Waals surface area contributed by atoms with E-state index in [9.17, 15) is 95.5 Å². The molecular formula is C63H110N6O30. The van der Waals surface area contributed by atoms with Crippen LogP contribution < -0.4 is 27.0 Å². The van der Waals surface area contributed by atoms with Gasteiger partial charge in [0.1, 0.15) is 140 Å². The Kier molecular flexibility index (Phi) is 34.7. The molecule has 6 heterocycles. The number of rotatable bonds is 36. The summed E-state index contributed by atoms with van der Waals surface area (Å²) in [5, 5.41) is 166. The summed E-state index contributed by atoms with van der Waals surface area (Å²) in [6.07, 6.45) is -24.6. The van der Waals surface area contributed by atoms with E-state index >= 15 is 0 Å². The van der Waals surface area contributed by atoms with Crippen LogP contribution in [0.2, 0.25) is 0 Å². The Morgan fingerprint density at radius 3 is 1.10 bits per heavy atom. The maximum Gasteiger partial charge on any atom is 0.222 e. The Morgan fingerprint density at radius 1 is 0.394 bits per heavy atom. The van der Waals surface area contributed by atoms with Gasteiger partial charge in [-0.2, -0.15) is 0 Å². The largest absolute Gasteiger partial charge is 0.394 e. The third kappa shape index (κ3) is 22.3. The minimum atomic E-state index is -2.05. The van der Waals surface area contributed by atoms with E-state index in [0.717, 1.165) is 84.0 Å². The van der Waals surface area contributed by atoms with Gasteiger partial charge in [0.25, 0.3) is 0 Å². The molecule has 20 N–H and O–H groups in total. The molecule has 30 atom stereocenters. The maximum atomic E-state index is 13.8. The molecule has 6 saturated heterocycles. The Hall–Kier alpha value is -3.95. The summed E-state index contributed by atoms with van der Waals surface area (Å²) in [6, 6.07) is -9.81. The summed E-state index contributed by atoms with van der Waals surface area (Å²) < 4.78 is 66.2. The molecule has 5 amide bonds. The molecule has 0 aliphatic carbocycles. The van der Waals surface area contributed by atoms with E-state index in [-0.39, 0.29) is 6.42 Å². The number of aliphatic hydroxyl groups excluding tert-OH is 14. The molecule has 0 radical (unpaired) electrons. The molecule has 0 aromatic carbocycles. The van der Waals surface area contributed by atoms with Crippen LogP contribution in [-0.4, -0.2) is 336 Å². The van der Waals surface area contributed by atoms with Crippen molar-refractivity contribution in [3.8, 4) is 0 Å². The summed E-state index contributed by atoms with van der Waals surface area (Å²) in [7, 11) is 1.35. The first-order chi connectivity index (χ1) is 47.2. The molecular weight excluding hydrogens is 1320 g/mol. The zero-order chi connectivity index (χ0) is 72.9. The number of amides is 5. The first kappa shape index (κ1) is 84.0. The fourth-order valence-electron chi connectivity index (χ4n) is 13.3. The molecule has 6 aliphatic rings. The lowest BCUT2D eigenvalue weighted by atomic mass is 9.92. The highest BCUT2D eigenvalue weighted by Crippen LogP contribution is 2.38. The number of aliphatic hydroxyl groups is 14. The summed E-state index contributed by atoms with van der Waals surface area (Å²) in [6.45, 7) is 0.781. The number of carbonyl (C=O) groups excluding carboxylic acids is 5. The minimum absolute atomic E-state index is 0.0392. The van der Waals surface area contributed by atoms with Crippen molar-refractivity contribution in [2.24, 2.45) is 5.73 Å². The molecule has 6 fully saturated rings. The number of nitrogens with zero attached hydrogens (tertiary/aromatic N) is 1. The highest BCUT2D eigenvalue weighted by molar-refractivity contribution is 5.76. The monoisotopic (exact) mass is 1430 g/mol. The topological polar surface area (TPSA) is 547 Å². The number of carbonyl (C=O) groups is 5. The first-order valence-electron chi connectivity index (χ1n) is 34.2. The van der Waals surface area contributed by atoms with Gasteiger partial charge in [-0.25, -0.2) is 0 Å². The van der Waals surface area contributed by atoms with Crippen molar-refractivity contribution in [3.63, 3.8) is 0 Å². The summed E-state index contributed by atoms with van der Waals surface area (Å²) in [5.74, 6) is -3.58. The van der Waals surface area contributed by atoms with Crippen LogP contribution in [0.3, 0.4) is 0 Å². The van der Waals surface area contributed by atoms with Crippen LogP contribution in [0, 0.1) is 0 Å². The Bertz CT molecular complexity index is 2490. The van der Waals surface area contributed by atoms with Gasteiger partial charge in [-0.3, -0.25) is 24.0 Å². The molecule has 0 saturated carbocycles. The zero-order valence-electron chi connectivity index (χ0n) is 56.9. The van der Waals surface area contributed by atoms with Crippen molar-refractivity contribution in [2.75, 3.05) is 46.7 Å². The van der Waals surface area contributed by atoms with Gasteiger partial charge in [0.05, 0.1) is 45.7 Å². The van der Waals surface area contributed by atoms with Gasteiger partial charge in [-0.05, 0) is 32.1 Å². The minimum Gasteiger partial charge on any atom is -0.394 e. The average molecular weight is 1430 g/mol. The van der Waals surface area contributed by atoms with Crippen molar-refractivity contribution in [1.82, 2.24) is 26.2 Å². The van der Waals surface area contributed by atoms with Crippen LogP contribution in [0.4, 0.5) is 0 Å². The second-order valence-corrected chi connectivity index (χ2v) is 26.1. The first-order valence-corrected chi connectivity index (χ1v) is 34.2. The molecule has 0 aromatic rings. The predicted octanol–water partition coefficient (Wildman–Crippen LogP) is -7.06. The lowest BCUT2D eigenvalue weighted by Crippen LogP contribution is -2.72. The number of ether oxygens (including phenoxy) is 11. The highest BCUT2D eigenvalue weighted by Gasteiger charge is 2.59. The smallest absolute Gasteiger partial charge is 0.222 e. The summed E-state index contributed by atoms with van der Waals surface area (Å²) in [4.78, 5) is 65.5. The number of unbranched alkanes of at least 4 members (excludes halogenated alkanes) is 11. The van der Waals surface area contributed by atoms with Crippen LogP contribution in [0.25, 0.3) is 0 Å². The summed E-state index contributed by atoms with van der Waals surface area (Å²) in [5.41, 5.74) is 6.39. The average Bonchev–Trinajstić information content (AvgIpc) is 0.769. The predicted molar refractivity (Wildman–Crippen MR) is 338 cm³/mol. The van der Waals surface area contributed by atoms with Crippen LogP contribution in [0.5, 0.6) is 0 Å². The highest BCUT2D eigenvalue weighted by atomic mass is 16.8. The van der Waals surface area contributed by atoms with Crippen molar-refractivity contribution in [1.29, 1.82) is 0 Å². The van der Waals surface area contributed by atoms with E-state index in [4.69, 9.17) is 57.8 Å². The zero-order valence-corrected chi connectivity index (χ0v) is 56.9. The lowest BCUT2D eigenvalue weighted by molar-refractivity contribution is -0.370. The molecule has 36 heteroatoms. The Labute approximate surface area is 574 Å². The quantitative estimate of drug-likeness (QED) is 0.0205. The Morgan fingerprint density at radius 2 is 0.707 bits per heavy atom. The number of allylic oxidation sites excluding steroid dienone is 2. The van der Waals surface area contributed by atoms with Crippen LogP contribution in [0.15, 0.2) is 12.2 Å². The van der Waals surface area contributed by atoms with Gasteiger partial charge in [0, 0.05) is 41.2 Å². The third-order valence-corrected chi connectivity index (χ3v) is 18.6. The normalized spacial score (nSPS) is 39.7.